The van der Waals surface area contributed by atoms with Crippen LogP contribution in [0.4, 0.5) is 10.5 Å². The summed E-state index contributed by atoms with van der Waals surface area (Å²) in [6.45, 7) is 1.69. The van der Waals surface area contributed by atoms with Crippen molar-refractivity contribution in [2.24, 2.45) is 0 Å². The zero-order valence-corrected chi connectivity index (χ0v) is 17.2. The van der Waals surface area contributed by atoms with E-state index in [0.29, 0.717) is 34.0 Å². The Labute approximate surface area is 171 Å². The second-order valence-corrected chi connectivity index (χ2v) is 7.03. The van der Waals surface area contributed by atoms with Crippen molar-refractivity contribution in [1.29, 1.82) is 0 Å². The summed E-state index contributed by atoms with van der Waals surface area (Å²) in [6.07, 6.45) is 0. The number of nitrogens with one attached hydrogen (secondary N) is 3. The molecule has 3 amide bonds. The minimum absolute atomic E-state index is 0.360. The van der Waals surface area contributed by atoms with Gasteiger partial charge in [-0.25, -0.2) is 4.79 Å². The maximum atomic E-state index is 13.2. The molecule has 2 aromatic carbocycles. The largest absolute Gasteiger partial charge is 0.496 e. The van der Waals surface area contributed by atoms with Gasteiger partial charge in [-0.3, -0.25) is 4.79 Å². The van der Waals surface area contributed by atoms with Gasteiger partial charge in [0.1, 0.15) is 11.5 Å². The Balaban J connectivity index is 2.03. The van der Waals surface area contributed by atoms with E-state index < -0.39 is 12.1 Å². The highest BCUT2D eigenvalue weighted by Crippen LogP contribution is 2.35. The van der Waals surface area contributed by atoms with E-state index in [1.54, 1.807) is 38.3 Å². The highest BCUT2D eigenvalue weighted by molar-refractivity contribution is 9.10. The molecule has 3 rings (SSSR count). The van der Waals surface area contributed by atoms with Gasteiger partial charge < -0.3 is 25.4 Å². The van der Waals surface area contributed by atoms with Gasteiger partial charge in [-0.05, 0) is 37.3 Å². The van der Waals surface area contributed by atoms with Crippen molar-refractivity contribution in [2.45, 2.75) is 13.0 Å². The molecule has 0 aliphatic carbocycles. The van der Waals surface area contributed by atoms with E-state index in [4.69, 9.17) is 9.47 Å². The van der Waals surface area contributed by atoms with E-state index in [2.05, 4.69) is 31.9 Å². The van der Waals surface area contributed by atoms with Gasteiger partial charge in [0.15, 0.2) is 0 Å². The third kappa shape index (κ3) is 3.96. The van der Waals surface area contributed by atoms with Crippen molar-refractivity contribution in [2.75, 3.05) is 19.5 Å². The van der Waals surface area contributed by atoms with E-state index in [1.807, 2.05) is 18.2 Å². The molecule has 0 aromatic heterocycles. The molecule has 1 atom stereocenters. The highest BCUT2D eigenvalue weighted by atomic mass is 79.9. The number of carbonyl (C=O) groups excluding carboxylic acids is 2. The number of hydrogen-bond donors (Lipinski definition) is 3. The van der Waals surface area contributed by atoms with Crippen molar-refractivity contribution in [3.8, 4) is 11.5 Å². The van der Waals surface area contributed by atoms with Crippen molar-refractivity contribution < 1.29 is 19.1 Å². The normalized spacial score (nSPS) is 16.1. The van der Waals surface area contributed by atoms with E-state index in [-0.39, 0.29) is 5.91 Å². The summed E-state index contributed by atoms with van der Waals surface area (Å²) < 4.78 is 11.5. The average Bonchev–Trinajstić information content (AvgIpc) is 2.67. The number of rotatable bonds is 5. The molecule has 28 heavy (non-hydrogen) atoms. The first-order valence-corrected chi connectivity index (χ1v) is 9.30. The van der Waals surface area contributed by atoms with Gasteiger partial charge in [-0.15, -0.1) is 0 Å². The van der Waals surface area contributed by atoms with Crippen LogP contribution in [-0.4, -0.2) is 26.2 Å². The predicted octanol–water partition coefficient (Wildman–Crippen LogP) is 3.73. The summed E-state index contributed by atoms with van der Waals surface area (Å²) in [5.41, 5.74) is 2.04. The summed E-state index contributed by atoms with van der Waals surface area (Å²) in [5, 5.41) is 8.33. The number of benzene rings is 2. The number of para-hydroxylation sites is 2. The molecule has 7 nitrogen and oxygen atoms in total. The van der Waals surface area contributed by atoms with Gasteiger partial charge in [0.25, 0.3) is 5.91 Å². The number of carbonyl (C=O) groups is 2. The summed E-state index contributed by atoms with van der Waals surface area (Å²) in [4.78, 5) is 25.3. The van der Waals surface area contributed by atoms with Crippen molar-refractivity contribution in [1.82, 2.24) is 10.6 Å². The molecule has 0 fully saturated rings. The standard InChI is InChI=1S/C20H20BrN3O4/c1-11-17(19(25)23-14-6-4-5-7-16(14)28-3)18(24-20(26)22-11)13-10-12(21)8-9-15(13)27-2/h4-10,18H,1-3H3,(H,23,25)(H2,22,24,26)/t18-/m1/s1. The van der Waals surface area contributed by atoms with Crippen LogP contribution >= 0.6 is 15.9 Å². The molecule has 0 radical (unpaired) electrons. The zero-order chi connectivity index (χ0) is 20.3. The van der Waals surface area contributed by atoms with Crippen LogP contribution in [0.2, 0.25) is 0 Å². The van der Waals surface area contributed by atoms with E-state index >= 15 is 0 Å². The molecule has 2 aromatic rings. The number of methoxy groups -OCH3 is 2. The molecule has 0 spiro atoms. The Morgan fingerprint density at radius 3 is 2.54 bits per heavy atom. The third-order valence-electron chi connectivity index (χ3n) is 4.37. The quantitative estimate of drug-likeness (QED) is 0.653. The Hall–Kier alpha value is -3.00. The van der Waals surface area contributed by atoms with Crippen LogP contribution in [0.5, 0.6) is 11.5 Å². The van der Waals surface area contributed by atoms with Gasteiger partial charge in [-0.2, -0.15) is 0 Å². The summed E-state index contributed by atoms with van der Waals surface area (Å²) >= 11 is 3.43. The van der Waals surface area contributed by atoms with Crippen LogP contribution in [0, 0.1) is 0 Å². The van der Waals surface area contributed by atoms with Gasteiger partial charge in [0.2, 0.25) is 0 Å². The average molecular weight is 446 g/mol. The first-order valence-electron chi connectivity index (χ1n) is 8.50. The lowest BCUT2D eigenvalue weighted by atomic mass is 9.94. The number of urea groups is 1. The van der Waals surface area contributed by atoms with Gasteiger partial charge >= 0.3 is 6.03 Å². The highest BCUT2D eigenvalue weighted by Gasteiger charge is 2.33. The van der Waals surface area contributed by atoms with Gasteiger partial charge in [0, 0.05) is 15.7 Å². The molecule has 0 bridgehead atoms. The monoisotopic (exact) mass is 445 g/mol. The zero-order valence-electron chi connectivity index (χ0n) is 15.6. The van der Waals surface area contributed by atoms with Crippen molar-refractivity contribution in [3.05, 3.63) is 63.8 Å². The molecule has 1 aliphatic heterocycles. The van der Waals surface area contributed by atoms with E-state index in [9.17, 15) is 9.59 Å². The number of amides is 3. The molecule has 0 saturated carbocycles. The number of halogens is 1. The maximum absolute atomic E-state index is 13.2. The third-order valence-corrected chi connectivity index (χ3v) is 4.86. The fraction of sp³-hybridized carbons (Fsp3) is 0.200. The maximum Gasteiger partial charge on any atom is 0.319 e. The second kappa shape index (κ2) is 8.35. The number of anilines is 1. The fourth-order valence-corrected chi connectivity index (χ4v) is 3.48. The number of hydrogen-bond acceptors (Lipinski definition) is 4. The molecular formula is C20H20BrN3O4. The second-order valence-electron chi connectivity index (χ2n) is 6.11. The molecule has 146 valence electrons. The summed E-state index contributed by atoms with van der Waals surface area (Å²) in [5.74, 6) is 0.741. The Morgan fingerprint density at radius 1 is 1.11 bits per heavy atom. The van der Waals surface area contributed by atoms with Gasteiger partial charge in [0.05, 0.1) is 31.5 Å². The minimum atomic E-state index is -0.684. The molecule has 8 heteroatoms. The first kappa shape index (κ1) is 19.8. The molecule has 1 heterocycles. The lowest BCUT2D eigenvalue weighted by Gasteiger charge is -2.29. The SMILES string of the molecule is COc1ccccc1NC(=O)C1=C(C)NC(=O)N[C@@H]1c1cc(Br)ccc1OC. The lowest BCUT2D eigenvalue weighted by Crippen LogP contribution is -2.46. The summed E-state index contributed by atoms with van der Waals surface area (Å²) in [7, 11) is 3.08. The Kier molecular flexibility index (Phi) is 5.89. The Bertz CT molecular complexity index is 958. The first-order chi connectivity index (χ1) is 13.4. The van der Waals surface area contributed by atoms with Crippen LogP contribution in [-0.2, 0) is 4.79 Å². The minimum Gasteiger partial charge on any atom is -0.496 e. The van der Waals surface area contributed by atoms with Crippen LogP contribution in [0.3, 0.4) is 0 Å². The molecular weight excluding hydrogens is 426 g/mol. The Morgan fingerprint density at radius 2 is 1.82 bits per heavy atom. The van der Waals surface area contributed by atoms with Gasteiger partial charge in [-0.1, -0.05) is 28.1 Å². The van der Waals surface area contributed by atoms with Crippen molar-refractivity contribution >= 4 is 33.6 Å². The molecule has 0 unspecified atom stereocenters. The van der Waals surface area contributed by atoms with Crippen LogP contribution in [0.25, 0.3) is 0 Å². The smallest absolute Gasteiger partial charge is 0.319 e. The molecule has 3 N–H and O–H groups in total. The molecule has 1 aliphatic rings. The summed E-state index contributed by atoms with van der Waals surface area (Å²) in [6, 6.07) is 11.5. The fourth-order valence-electron chi connectivity index (χ4n) is 3.10. The lowest BCUT2D eigenvalue weighted by molar-refractivity contribution is -0.113. The number of ether oxygens (including phenoxy) is 2. The van der Waals surface area contributed by atoms with Crippen LogP contribution in [0.1, 0.15) is 18.5 Å². The van der Waals surface area contributed by atoms with Crippen LogP contribution in [0.15, 0.2) is 58.2 Å². The van der Waals surface area contributed by atoms with E-state index in [1.165, 1.54) is 7.11 Å². The topological polar surface area (TPSA) is 88.7 Å². The van der Waals surface area contributed by atoms with E-state index in [0.717, 1.165) is 4.47 Å². The predicted molar refractivity (Wildman–Crippen MR) is 109 cm³/mol. The number of allylic oxidation sites excluding steroid dienone is 1. The molecule has 0 saturated heterocycles. The van der Waals surface area contributed by atoms with Crippen molar-refractivity contribution in [3.63, 3.8) is 0 Å². The van der Waals surface area contributed by atoms with Crippen LogP contribution < -0.4 is 25.4 Å².